The predicted octanol–water partition coefficient (Wildman–Crippen LogP) is 1.70. The molecule has 14 heavy (non-hydrogen) atoms. The van der Waals surface area contributed by atoms with Gasteiger partial charge < -0.3 is 14.2 Å². The summed E-state index contributed by atoms with van der Waals surface area (Å²) in [6.45, 7) is 3.35. The summed E-state index contributed by atoms with van der Waals surface area (Å²) in [5.74, 6) is -0.290. The lowest BCUT2D eigenvalue weighted by molar-refractivity contribution is -0.145. The van der Waals surface area contributed by atoms with Crippen LogP contribution in [0, 0.1) is 0 Å². The van der Waals surface area contributed by atoms with Gasteiger partial charge in [0.05, 0.1) is 6.61 Å². The highest BCUT2D eigenvalue weighted by Crippen LogP contribution is 2.05. The Morgan fingerprint density at radius 3 is 2.64 bits per heavy atom. The Morgan fingerprint density at radius 1 is 1.36 bits per heavy atom. The van der Waals surface area contributed by atoms with E-state index in [1.54, 1.807) is 0 Å². The number of hydrogen-bond acceptors (Lipinski definition) is 4. The fourth-order valence-corrected chi connectivity index (χ4v) is 0.952. The summed E-state index contributed by atoms with van der Waals surface area (Å²) >= 11 is 6.31. The van der Waals surface area contributed by atoms with E-state index in [1.807, 2.05) is 6.92 Å². The van der Waals surface area contributed by atoms with Gasteiger partial charge in [-0.2, -0.15) is 0 Å². The molecule has 1 unspecified atom stereocenters. The summed E-state index contributed by atoms with van der Waals surface area (Å²) in [4.78, 5) is 10.8. The first-order chi connectivity index (χ1) is 6.72. The van der Waals surface area contributed by atoms with Crippen LogP contribution in [0.2, 0.25) is 0 Å². The molecule has 0 radical (unpaired) electrons. The van der Waals surface area contributed by atoms with E-state index in [4.69, 9.17) is 14.2 Å². The van der Waals surface area contributed by atoms with E-state index in [0.29, 0.717) is 18.5 Å². The molecule has 0 aromatic rings. The van der Waals surface area contributed by atoms with Crippen molar-refractivity contribution >= 4 is 37.8 Å². The van der Waals surface area contributed by atoms with Gasteiger partial charge in [-0.1, -0.05) is 31.9 Å². The molecule has 0 aromatic carbocycles. The van der Waals surface area contributed by atoms with E-state index in [1.165, 1.54) is 0 Å². The van der Waals surface area contributed by atoms with Crippen LogP contribution in [0.4, 0.5) is 0 Å². The average Bonchev–Trinajstić information content (AvgIpc) is 2.21. The zero-order valence-electron chi connectivity index (χ0n) is 8.00. The maximum Gasteiger partial charge on any atom is 0.320 e. The molecule has 0 fully saturated rings. The van der Waals surface area contributed by atoms with Crippen LogP contribution in [0.3, 0.4) is 0 Å². The Morgan fingerprint density at radius 2 is 2.07 bits per heavy atom. The van der Waals surface area contributed by atoms with Crippen molar-refractivity contribution in [2.75, 3.05) is 31.9 Å². The van der Waals surface area contributed by atoms with Gasteiger partial charge in [0.2, 0.25) is 0 Å². The molecular formula is C8H14Br2O4. The molecule has 0 rings (SSSR count). The molecule has 0 aliphatic rings. The molecule has 4 nitrogen and oxygen atoms in total. The fourth-order valence-electron chi connectivity index (χ4n) is 0.556. The number of ether oxygens (including phenoxy) is 3. The van der Waals surface area contributed by atoms with Gasteiger partial charge in [0.25, 0.3) is 0 Å². The minimum absolute atomic E-state index is 0.240. The first-order valence-corrected chi connectivity index (χ1v) is 6.28. The summed E-state index contributed by atoms with van der Waals surface area (Å²) in [6, 6.07) is 0. The minimum atomic E-state index is -0.297. The van der Waals surface area contributed by atoms with Gasteiger partial charge in [-0.25, -0.2) is 0 Å². The second kappa shape index (κ2) is 9.89. The van der Waals surface area contributed by atoms with Crippen LogP contribution in [0.5, 0.6) is 0 Å². The van der Waals surface area contributed by atoms with Crippen molar-refractivity contribution in [2.24, 2.45) is 0 Å². The van der Waals surface area contributed by atoms with Crippen LogP contribution in [0.25, 0.3) is 0 Å². The molecule has 84 valence electrons. The molecule has 0 saturated heterocycles. The normalized spacial score (nSPS) is 12.5. The second-order valence-corrected chi connectivity index (χ2v) is 4.06. The van der Waals surface area contributed by atoms with Crippen molar-refractivity contribution in [1.82, 2.24) is 0 Å². The SMILES string of the molecule is CCOCOCCOC(=O)C(Br)CBr. The molecule has 0 bridgehead atoms. The standard InChI is InChI=1S/C8H14Br2O4/c1-2-12-6-13-3-4-14-8(11)7(10)5-9/h7H,2-6H2,1H3. The van der Waals surface area contributed by atoms with E-state index in [9.17, 15) is 4.79 Å². The maximum absolute atomic E-state index is 11.1. The van der Waals surface area contributed by atoms with E-state index in [2.05, 4.69) is 31.9 Å². The predicted molar refractivity (Wildman–Crippen MR) is 59.9 cm³/mol. The number of carbonyl (C=O) groups is 1. The molecule has 6 heteroatoms. The van der Waals surface area contributed by atoms with Crippen molar-refractivity contribution in [2.45, 2.75) is 11.8 Å². The summed E-state index contributed by atoms with van der Waals surface area (Å²) in [7, 11) is 0. The number of esters is 1. The van der Waals surface area contributed by atoms with Crippen LogP contribution >= 0.6 is 31.9 Å². The van der Waals surface area contributed by atoms with Crippen LogP contribution in [-0.4, -0.2) is 42.7 Å². The van der Waals surface area contributed by atoms with Gasteiger partial charge in [-0.3, -0.25) is 4.79 Å². The lowest BCUT2D eigenvalue weighted by Crippen LogP contribution is -2.21. The van der Waals surface area contributed by atoms with Gasteiger partial charge in [-0.05, 0) is 6.92 Å². The Balaban J connectivity index is 3.23. The lowest BCUT2D eigenvalue weighted by Gasteiger charge is -2.07. The zero-order chi connectivity index (χ0) is 10.8. The number of alkyl halides is 2. The van der Waals surface area contributed by atoms with E-state index >= 15 is 0 Å². The Kier molecular flexibility index (Phi) is 10.1. The first-order valence-electron chi connectivity index (χ1n) is 4.24. The van der Waals surface area contributed by atoms with E-state index < -0.39 is 0 Å². The summed E-state index contributed by atoms with van der Waals surface area (Å²) in [5, 5.41) is 0.533. The average molecular weight is 334 g/mol. The Bertz CT molecular complexity index is 154. The molecule has 1 atom stereocenters. The van der Waals surface area contributed by atoms with Crippen molar-refractivity contribution in [3.63, 3.8) is 0 Å². The third kappa shape index (κ3) is 7.73. The van der Waals surface area contributed by atoms with Crippen LogP contribution in [-0.2, 0) is 19.0 Å². The number of hydrogen-bond donors (Lipinski definition) is 0. The highest BCUT2D eigenvalue weighted by atomic mass is 79.9. The van der Waals surface area contributed by atoms with Crippen LogP contribution < -0.4 is 0 Å². The van der Waals surface area contributed by atoms with Gasteiger partial charge in [0.15, 0.2) is 0 Å². The van der Waals surface area contributed by atoms with Crippen molar-refractivity contribution in [3.05, 3.63) is 0 Å². The molecule has 0 aliphatic carbocycles. The van der Waals surface area contributed by atoms with Crippen LogP contribution in [0.15, 0.2) is 0 Å². The smallest absolute Gasteiger partial charge is 0.320 e. The monoisotopic (exact) mass is 332 g/mol. The fraction of sp³-hybridized carbons (Fsp3) is 0.875. The molecule has 0 N–H and O–H groups in total. The first kappa shape index (κ1) is 14.3. The largest absolute Gasteiger partial charge is 0.462 e. The highest BCUT2D eigenvalue weighted by molar-refractivity contribution is 9.12. The van der Waals surface area contributed by atoms with Gasteiger partial charge >= 0.3 is 5.97 Å². The van der Waals surface area contributed by atoms with E-state index in [-0.39, 0.29) is 24.2 Å². The lowest BCUT2D eigenvalue weighted by atomic mass is 10.5. The second-order valence-electron chi connectivity index (χ2n) is 2.31. The third-order valence-corrected chi connectivity index (χ3v) is 3.45. The summed E-state index contributed by atoms with van der Waals surface area (Å²) in [6.07, 6.45) is 0. The number of halogens is 2. The van der Waals surface area contributed by atoms with Gasteiger partial charge in [0, 0.05) is 11.9 Å². The summed E-state index contributed by atoms with van der Waals surface area (Å²) < 4.78 is 14.8. The number of rotatable bonds is 8. The third-order valence-electron chi connectivity index (χ3n) is 1.23. The molecule has 0 aliphatic heterocycles. The molecule has 0 aromatic heterocycles. The minimum Gasteiger partial charge on any atom is -0.462 e. The maximum atomic E-state index is 11.1. The Labute approximate surface area is 101 Å². The molecule has 0 heterocycles. The molecular weight excluding hydrogens is 320 g/mol. The van der Waals surface area contributed by atoms with Gasteiger partial charge in [0.1, 0.15) is 18.2 Å². The number of carbonyl (C=O) groups excluding carboxylic acids is 1. The molecule has 0 amide bonds. The zero-order valence-corrected chi connectivity index (χ0v) is 11.2. The van der Waals surface area contributed by atoms with Crippen molar-refractivity contribution in [1.29, 1.82) is 0 Å². The molecule has 0 saturated carbocycles. The van der Waals surface area contributed by atoms with Crippen LogP contribution in [0.1, 0.15) is 6.92 Å². The summed E-state index contributed by atoms with van der Waals surface area (Å²) in [5.41, 5.74) is 0. The van der Waals surface area contributed by atoms with E-state index in [0.717, 1.165) is 0 Å². The highest BCUT2D eigenvalue weighted by Gasteiger charge is 2.13. The van der Waals surface area contributed by atoms with Crippen molar-refractivity contribution < 1.29 is 19.0 Å². The topological polar surface area (TPSA) is 44.8 Å². The molecule has 0 spiro atoms. The Hall–Kier alpha value is 0.350. The van der Waals surface area contributed by atoms with Gasteiger partial charge in [-0.15, -0.1) is 0 Å². The van der Waals surface area contributed by atoms with Crippen molar-refractivity contribution in [3.8, 4) is 0 Å². The quantitative estimate of drug-likeness (QED) is 0.293.